The van der Waals surface area contributed by atoms with Gasteiger partial charge in [-0.15, -0.1) is 0 Å². The highest BCUT2D eigenvalue weighted by atomic mass is 16.3. The maximum absolute atomic E-state index is 12.7. The molecule has 4 rings (SSSR count). The van der Waals surface area contributed by atoms with Gasteiger partial charge in [0.15, 0.2) is 12.2 Å². The van der Waals surface area contributed by atoms with Crippen molar-refractivity contribution in [2.45, 2.75) is 51.0 Å². The normalized spacial score (nSPS) is 18.6. The highest BCUT2D eigenvalue weighted by Gasteiger charge is 2.35. The summed E-state index contributed by atoms with van der Waals surface area (Å²) < 4.78 is 0. The summed E-state index contributed by atoms with van der Waals surface area (Å²) in [6.45, 7) is 4.68. The van der Waals surface area contributed by atoms with Gasteiger partial charge in [-0.3, -0.25) is 9.59 Å². The van der Waals surface area contributed by atoms with E-state index in [2.05, 4.69) is 16.3 Å². The molecule has 7 heteroatoms. The SMILES string of the molecule is C[C@H](NC(=O)[C@H](O)[C@@H](O)C(=O)N1CCc2ccccc2C1)c1cccc(N2CCCC2)c1. The second kappa shape index (κ2) is 9.71. The first-order chi connectivity index (χ1) is 15.4. The first-order valence-corrected chi connectivity index (χ1v) is 11.3. The van der Waals surface area contributed by atoms with Crippen LogP contribution in [-0.4, -0.2) is 58.8 Å². The van der Waals surface area contributed by atoms with Crippen molar-refractivity contribution in [3.05, 3.63) is 65.2 Å². The van der Waals surface area contributed by atoms with E-state index in [1.165, 1.54) is 23.3 Å². The molecule has 0 saturated carbocycles. The highest BCUT2D eigenvalue weighted by molar-refractivity contribution is 5.91. The van der Waals surface area contributed by atoms with Gasteiger partial charge in [-0.2, -0.15) is 0 Å². The van der Waals surface area contributed by atoms with Crippen molar-refractivity contribution in [1.29, 1.82) is 0 Å². The number of fused-ring (bicyclic) bond motifs is 1. The lowest BCUT2D eigenvalue weighted by Gasteiger charge is -2.31. The van der Waals surface area contributed by atoms with Crippen LogP contribution in [0.4, 0.5) is 5.69 Å². The largest absolute Gasteiger partial charge is 0.380 e. The van der Waals surface area contributed by atoms with Crippen molar-refractivity contribution in [1.82, 2.24) is 10.2 Å². The number of hydrogen-bond donors (Lipinski definition) is 3. The van der Waals surface area contributed by atoms with Gasteiger partial charge in [0.25, 0.3) is 11.8 Å². The summed E-state index contributed by atoms with van der Waals surface area (Å²) in [5.41, 5.74) is 4.21. The third kappa shape index (κ3) is 4.79. The number of amides is 2. The second-order valence-electron chi connectivity index (χ2n) is 8.69. The first-order valence-electron chi connectivity index (χ1n) is 11.3. The molecule has 0 spiro atoms. The summed E-state index contributed by atoms with van der Waals surface area (Å²) in [7, 11) is 0. The number of hydrogen-bond acceptors (Lipinski definition) is 5. The predicted octanol–water partition coefficient (Wildman–Crippen LogP) is 1.77. The highest BCUT2D eigenvalue weighted by Crippen LogP contribution is 2.24. The Bertz CT molecular complexity index is 973. The van der Waals surface area contributed by atoms with Gasteiger partial charge in [0, 0.05) is 31.9 Å². The van der Waals surface area contributed by atoms with Crippen molar-refractivity contribution in [3.8, 4) is 0 Å². The molecule has 2 aromatic carbocycles. The molecule has 0 unspecified atom stereocenters. The average Bonchev–Trinajstić information content (AvgIpc) is 3.37. The van der Waals surface area contributed by atoms with Gasteiger partial charge in [0.1, 0.15) is 0 Å². The van der Waals surface area contributed by atoms with E-state index in [-0.39, 0.29) is 6.04 Å². The Hall–Kier alpha value is -2.90. The fourth-order valence-electron chi connectivity index (χ4n) is 4.50. The average molecular weight is 438 g/mol. The monoisotopic (exact) mass is 437 g/mol. The smallest absolute Gasteiger partial charge is 0.255 e. The van der Waals surface area contributed by atoms with Crippen LogP contribution < -0.4 is 10.2 Å². The van der Waals surface area contributed by atoms with Crippen LogP contribution in [-0.2, 0) is 22.6 Å². The van der Waals surface area contributed by atoms with Crippen molar-refractivity contribution in [3.63, 3.8) is 0 Å². The van der Waals surface area contributed by atoms with E-state index in [0.717, 1.165) is 29.9 Å². The van der Waals surface area contributed by atoms with Gasteiger partial charge >= 0.3 is 0 Å². The summed E-state index contributed by atoms with van der Waals surface area (Å²) >= 11 is 0. The van der Waals surface area contributed by atoms with Crippen LogP contribution in [0, 0.1) is 0 Å². The van der Waals surface area contributed by atoms with E-state index >= 15 is 0 Å². The zero-order valence-corrected chi connectivity index (χ0v) is 18.4. The Morgan fingerprint density at radius 3 is 2.41 bits per heavy atom. The lowest BCUT2D eigenvalue weighted by atomic mass is 9.99. The second-order valence-corrected chi connectivity index (χ2v) is 8.69. The van der Waals surface area contributed by atoms with Crippen LogP contribution in [0.2, 0.25) is 0 Å². The topological polar surface area (TPSA) is 93.1 Å². The van der Waals surface area contributed by atoms with Gasteiger partial charge in [0.2, 0.25) is 0 Å². The van der Waals surface area contributed by atoms with Gasteiger partial charge in [-0.05, 0) is 55.0 Å². The maximum atomic E-state index is 12.7. The van der Waals surface area contributed by atoms with Crippen molar-refractivity contribution in [2.75, 3.05) is 24.5 Å². The number of aliphatic hydroxyl groups excluding tert-OH is 2. The third-order valence-corrected chi connectivity index (χ3v) is 6.46. The molecule has 2 aliphatic heterocycles. The minimum Gasteiger partial charge on any atom is -0.380 e. The third-order valence-electron chi connectivity index (χ3n) is 6.46. The summed E-state index contributed by atoms with van der Waals surface area (Å²) in [6.07, 6.45) is -0.595. The molecule has 0 radical (unpaired) electrons. The standard InChI is InChI=1S/C25H31N3O4/c1-17(19-9-6-10-21(15-19)27-12-4-5-13-27)26-24(31)22(29)23(30)25(32)28-14-11-18-7-2-3-8-20(18)16-28/h2-3,6-10,15,17,22-23,29-30H,4-5,11-14,16H2,1H3,(H,26,31)/t17-,22+,23+/m0/s1. The fourth-order valence-corrected chi connectivity index (χ4v) is 4.50. The Morgan fingerprint density at radius 2 is 1.66 bits per heavy atom. The fraction of sp³-hybridized carbons (Fsp3) is 0.440. The summed E-state index contributed by atoms with van der Waals surface area (Å²) in [5, 5.41) is 23.5. The van der Waals surface area contributed by atoms with Crippen molar-refractivity contribution < 1.29 is 19.8 Å². The summed E-state index contributed by atoms with van der Waals surface area (Å²) in [4.78, 5) is 29.1. The number of benzene rings is 2. The molecule has 3 atom stereocenters. The zero-order chi connectivity index (χ0) is 22.7. The molecule has 1 fully saturated rings. The van der Waals surface area contributed by atoms with Crippen LogP contribution in [0.1, 0.15) is 42.5 Å². The van der Waals surface area contributed by atoms with E-state index in [1.807, 2.05) is 49.4 Å². The molecule has 170 valence electrons. The van der Waals surface area contributed by atoms with Crippen LogP contribution in [0.15, 0.2) is 48.5 Å². The lowest BCUT2D eigenvalue weighted by Crippen LogP contribution is -2.51. The molecule has 3 N–H and O–H groups in total. The van der Waals surface area contributed by atoms with Crippen LogP contribution in [0.3, 0.4) is 0 Å². The molecule has 0 aromatic heterocycles. The Kier molecular flexibility index (Phi) is 6.77. The number of aliphatic hydroxyl groups is 2. The minimum atomic E-state index is -1.83. The lowest BCUT2D eigenvalue weighted by molar-refractivity contribution is -0.154. The van der Waals surface area contributed by atoms with Crippen molar-refractivity contribution >= 4 is 17.5 Å². The quantitative estimate of drug-likeness (QED) is 0.641. The Labute approximate surface area is 188 Å². The maximum Gasteiger partial charge on any atom is 0.255 e. The van der Waals surface area contributed by atoms with Crippen LogP contribution in [0.5, 0.6) is 0 Å². The number of rotatable bonds is 6. The van der Waals surface area contributed by atoms with Gasteiger partial charge < -0.3 is 25.3 Å². The molecule has 0 bridgehead atoms. The molecule has 2 amide bonds. The molecule has 1 saturated heterocycles. The van der Waals surface area contributed by atoms with Crippen molar-refractivity contribution in [2.24, 2.45) is 0 Å². The van der Waals surface area contributed by atoms with Gasteiger partial charge in [0.05, 0.1) is 6.04 Å². The van der Waals surface area contributed by atoms with Gasteiger partial charge in [-0.25, -0.2) is 0 Å². The first kappa shape index (κ1) is 22.3. The molecule has 0 aliphatic carbocycles. The molecule has 32 heavy (non-hydrogen) atoms. The molecule has 2 aromatic rings. The van der Waals surface area contributed by atoms with E-state index in [0.29, 0.717) is 19.5 Å². The molecular weight excluding hydrogens is 406 g/mol. The van der Waals surface area contributed by atoms with E-state index < -0.39 is 24.0 Å². The summed E-state index contributed by atoms with van der Waals surface area (Å²) in [5.74, 6) is -1.40. The number of nitrogens with one attached hydrogen (secondary N) is 1. The summed E-state index contributed by atoms with van der Waals surface area (Å²) in [6, 6.07) is 15.4. The molecule has 2 heterocycles. The van der Waals surface area contributed by atoms with Gasteiger partial charge in [-0.1, -0.05) is 36.4 Å². The Morgan fingerprint density at radius 1 is 0.938 bits per heavy atom. The number of carbonyl (C=O) groups is 2. The van der Waals surface area contributed by atoms with E-state index in [1.54, 1.807) is 0 Å². The minimum absolute atomic E-state index is 0.361. The van der Waals surface area contributed by atoms with E-state index in [4.69, 9.17) is 0 Å². The number of anilines is 1. The van der Waals surface area contributed by atoms with Crippen LogP contribution >= 0.6 is 0 Å². The number of nitrogens with zero attached hydrogens (tertiary/aromatic N) is 2. The molecular formula is C25H31N3O4. The molecule has 2 aliphatic rings. The molecule has 7 nitrogen and oxygen atoms in total. The number of carbonyl (C=O) groups excluding carboxylic acids is 2. The predicted molar refractivity (Wildman–Crippen MR) is 122 cm³/mol. The van der Waals surface area contributed by atoms with E-state index in [9.17, 15) is 19.8 Å². The zero-order valence-electron chi connectivity index (χ0n) is 18.4. The van der Waals surface area contributed by atoms with Crippen LogP contribution in [0.25, 0.3) is 0 Å². The Balaban J connectivity index is 1.36.